The Bertz CT molecular complexity index is 1050. The van der Waals surface area contributed by atoms with Crippen LogP contribution in [0.3, 0.4) is 0 Å². The van der Waals surface area contributed by atoms with Gasteiger partial charge in [0.2, 0.25) is 0 Å². The molecule has 0 unspecified atom stereocenters. The average molecular weight is 572 g/mol. The normalized spacial score (nSPS) is 11.7. The van der Waals surface area contributed by atoms with Gasteiger partial charge in [-0.15, -0.1) is 0 Å². The van der Waals surface area contributed by atoms with Crippen LogP contribution >= 0.6 is 15.8 Å². The maximum absolute atomic E-state index is 4.72. The molecule has 0 N–H and O–H groups in total. The van der Waals surface area contributed by atoms with Crippen LogP contribution in [0, 0.1) is 0 Å². The number of aromatic nitrogens is 2. The number of pyridine rings is 2. The minimum atomic E-state index is -0.621. The van der Waals surface area contributed by atoms with Crippen molar-refractivity contribution in [2.24, 2.45) is 0 Å². The third kappa shape index (κ3) is 8.97. The minimum Gasteiger partial charge on any atom is -0.256 e. The molecule has 37 heavy (non-hydrogen) atoms. The predicted molar refractivity (Wildman–Crippen MR) is 162 cm³/mol. The van der Waals surface area contributed by atoms with Crippen molar-refractivity contribution < 1.29 is 17.1 Å². The molecule has 0 saturated carbocycles. The molecule has 2 aromatic carbocycles. The smallest absolute Gasteiger partial charge is 0.256 e. The van der Waals surface area contributed by atoms with E-state index in [1.54, 1.807) is 0 Å². The molecule has 2 heterocycles. The maximum atomic E-state index is 4.72. The summed E-state index contributed by atoms with van der Waals surface area (Å²) in [7, 11) is -0.793. The van der Waals surface area contributed by atoms with Crippen LogP contribution in [0.1, 0.15) is 65.5 Å². The largest absolute Gasteiger partial charge is 2.00 e. The fraction of sp³-hybridized carbons (Fsp3) is 0.375. The van der Waals surface area contributed by atoms with E-state index in [-0.39, 0.29) is 25.0 Å². The number of hydrogen-bond donors (Lipinski definition) is 0. The van der Waals surface area contributed by atoms with Gasteiger partial charge in [0.05, 0.1) is 10.9 Å². The molecule has 4 aromatic rings. The van der Waals surface area contributed by atoms with Crippen LogP contribution in [0.15, 0.2) is 97.3 Å². The monoisotopic (exact) mass is 572 g/mol. The van der Waals surface area contributed by atoms with Crippen molar-refractivity contribution in [1.82, 2.24) is 9.97 Å². The van der Waals surface area contributed by atoms with Crippen LogP contribution in [-0.2, 0) is 29.4 Å². The van der Waals surface area contributed by atoms with Crippen molar-refractivity contribution in [2.45, 2.75) is 77.0 Å². The standard InChI is InChI=1S/C27H37N2P2.C5H5.Fe/c1-7-26(3,4)31(27(5,6)8-2)21-23-15-13-14-22(23)20-30(24-16-9-11-18-28-24)25-17-10-12-19-29-25;1-2-4-5-3-1;/h9-19H,7-8,20-21H2,1-6H3;1-5H;/q2*-1;+2. The van der Waals surface area contributed by atoms with E-state index in [9.17, 15) is 0 Å². The van der Waals surface area contributed by atoms with Crippen LogP contribution in [0.4, 0.5) is 0 Å². The van der Waals surface area contributed by atoms with Crippen LogP contribution in [0.25, 0.3) is 0 Å². The van der Waals surface area contributed by atoms with Crippen LogP contribution < -0.4 is 10.9 Å². The molecular formula is C32H42FeN2P2. The Hall–Kier alpha value is -1.62. The quantitative estimate of drug-likeness (QED) is 0.108. The van der Waals surface area contributed by atoms with E-state index in [0.717, 1.165) is 17.0 Å². The predicted octanol–water partition coefficient (Wildman–Crippen LogP) is 8.59. The van der Waals surface area contributed by atoms with Crippen molar-refractivity contribution in [3.05, 3.63) is 108 Å². The zero-order valence-corrected chi connectivity index (χ0v) is 26.1. The topological polar surface area (TPSA) is 25.8 Å². The molecule has 0 radical (unpaired) electrons. The van der Waals surface area contributed by atoms with Crippen LogP contribution in [0.5, 0.6) is 0 Å². The third-order valence-corrected chi connectivity index (χ3v) is 13.8. The van der Waals surface area contributed by atoms with Gasteiger partial charge in [-0.3, -0.25) is 9.97 Å². The van der Waals surface area contributed by atoms with E-state index in [1.165, 1.54) is 30.1 Å². The van der Waals surface area contributed by atoms with Gasteiger partial charge in [-0.25, -0.2) is 18.2 Å². The first-order chi connectivity index (χ1) is 17.3. The van der Waals surface area contributed by atoms with Crippen molar-refractivity contribution >= 4 is 26.7 Å². The zero-order valence-electron chi connectivity index (χ0n) is 23.2. The van der Waals surface area contributed by atoms with Gasteiger partial charge in [0, 0.05) is 12.4 Å². The van der Waals surface area contributed by atoms with Crippen molar-refractivity contribution in [3.63, 3.8) is 0 Å². The second kappa shape index (κ2) is 15.1. The Balaban J connectivity index is 0.000000716. The van der Waals surface area contributed by atoms with Gasteiger partial charge in [-0.05, 0) is 61.5 Å². The number of rotatable bonds is 10. The molecule has 0 bridgehead atoms. The van der Waals surface area contributed by atoms with Gasteiger partial charge in [0.15, 0.2) is 0 Å². The first kappa shape index (κ1) is 31.6. The fourth-order valence-corrected chi connectivity index (χ4v) is 10.5. The Kier molecular flexibility index (Phi) is 12.9. The second-order valence-corrected chi connectivity index (χ2v) is 16.1. The van der Waals surface area contributed by atoms with Crippen molar-refractivity contribution in [1.29, 1.82) is 0 Å². The molecule has 198 valence electrons. The number of hydrogen-bond acceptors (Lipinski definition) is 2. The molecule has 0 aliphatic heterocycles. The van der Waals surface area contributed by atoms with Crippen molar-refractivity contribution in [2.75, 3.05) is 0 Å². The summed E-state index contributed by atoms with van der Waals surface area (Å²) in [6.07, 6.45) is 8.49. The van der Waals surface area contributed by atoms with Crippen molar-refractivity contribution in [3.8, 4) is 0 Å². The van der Waals surface area contributed by atoms with E-state index in [4.69, 9.17) is 9.97 Å². The molecule has 0 amide bonds. The zero-order chi connectivity index (χ0) is 26.0. The molecule has 2 aromatic heterocycles. The summed E-state index contributed by atoms with van der Waals surface area (Å²) in [6, 6.07) is 29.5. The summed E-state index contributed by atoms with van der Waals surface area (Å²) >= 11 is 0. The molecule has 0 saturated heterocycles. The maximum Gasteiger partial charge on any atom is 2.00 e. The van der Waals surface area contributed by atoms with Gasteiger partial charge >= 0.3 is 17.1 Å². The average Bonchev–Trinajstić information content (AvgIpc) is 3.62. The van der Waals surface area contributed by atoms with Crippen LogP contribution in [0.2, 0.25) is 0 Å². The Labute approximate surface area is 238 Å². The summed E-state index contributed by atoms with van der Waals surface area (Å²) in [6.45, 7) is 14.6. The first-order valence-corrected chi connectivity index (χ1v) is 16.1. The molecule has 5 heteroatoms. The van der Waals surface area contributed by atoms with E-state index in [1.807, 2.05) is 54.9 Å². The first-order valence-electron chi connectivity index (χ1n) is 13.1. The Morgan fingerprint density at radius 3 is 1.65 bits per heavy atom. The second-order valence-electron chi connectivity index (χ2n) is 10.4. The Morgan fingerprint density at radius 2 is 1.24 bits per heavy atom. The van der Waals surface area contributed by atoms with E-state index in [0.29, 0.717) is 10.3 Å². The van der Waals surface area contributed by atoms with E-state index in [2.05, 4.69) is 84.0 Å². The molecule has 0 aliphatic rings. The summed E-state index contributed by atoms with van der Waals surface area (Å²) in [5, 5.41) is 0.742. The summed E-state index contributed by atoms with van der Waals surface area (Å²) in [4.78, 5) is 9.45. The molecule has 4 rings (SSSR count). The van der Waals surface area contributed by atoms with Gasteiger partial charge in [-0.1, -0.05) is 67.8 Å². The molecule has 0 aliphatic carbocycles. The van der Waals surface area contributed by atoms with Gasteiger partial charge in [0.25, 0.3) is 0 Å². The van der Waals surface area contributed by atoms with Gasteiger partial charge in [-0.2, -0.15) is 41.5 Å². The fourth-order valence-electron chi connectivity index (χ4n) is 4.40. The molecule has 2 nitrogen and oxygen atoms in total. The summed E-state index contributed by atoms with van der Waals surface area (Å²) < 4.78 is 0. The third-order valence-electron chi connectivity index (χ3n) is 7.26. The van der Waals surface area contributed by atoms with E-state index >= 15 is 0 Å². The minimum absolute atomic E-state index is 0. The molecule has 0 atom stereocenters. The molecule has 0 fully saturated rings. The Morgan fingerprint density at radius 1 is 0.703 bits per heavy atom. The molecule has 0 spiro atoms. The SMILES string of the molecule is CCC(C)(C)P(Cc1[cH-]ccc1CP(c1ccccn1)c1ccccn1)C(C)(C)CC.[Fe+2].c1cc[cH-]c1. The summed E-state index contributed by atoms with van der Waals surface area (Å²) in [5.41, 5.74) is 5.34. The number of nitrogens with zero attached hydrogens (tertiary/aromatic N) is 2. The van der Waals surface area contributed by atoms with Crippen LogP contribution in [-0.4, -0.2) is 20.3 Å². The molecular weight excluding hydrogens is 530 g/mol. The van der Waals surface area contributed by atoms with Gasteiger partial charge in [0.1, 0.15) is 0 Å². The summed E-state index contributed by atoms with van der Waals surface area (Å²) in [5.74, 6) is 0. The van der Waals surface area contributed by atoms with E-state index < -0.39 is 7.92 Å². The van der Waals surface area contributed by atoms with Gasteiger partial charge < -0.3 is 0 Å².